The molecule has 1 amide bonds. The van der Waals surface area contributed by atoms with Crippen molar-refractivity contribution in [3.63, 3.8) is 0 Å². The van der Waals surface area contributed by atoms with E-state index in [1.807, 2.05) is 49.4 Å². The van der Waals surface area contributed by atoms with E-state index in [4.69, 9.17) is 0 Å². The maximum atomic E-state index is 12.4. The van der Waals surface area contributed by atoms with Gasteiger partial charge in [0, 0.05) is 28.9 Å². The molecule has 4 nitrogen and oxygen atoms in total. The quantitative estimate of drug-likeness (QED) is 0.577. The minimum atomic E-state index is -0.115. The van der Waals surface area contributed by atoms with Gasteiger partial charge < -0.3 is 5.32 Å². The Labute approximate surface area is 146 Å². The van der Waals surface area contributed by atoms with Crippen molar-refractivity contribution in [2.24, 2.45) is 0 Å². The van der Waals surface area contributed by atoms with E-state index in [-0.39, 0.29) is 18.2 Å². The van der Waals surface area contributed by atoms with Crippen molar-refractivity contribution in [3.05, 3.63) is 95.8 Å². The summed E-state index contributed by atoms with van der Waals surface area (Å²) in [4.78, 5) is 24.5. The van der Waals surface area contributed by atoms with Gasteiger partial charge in [-0.15, -0.1) is 0 Å². The number of benzene rings is 2. The number of hydrogen-bond donors (Lipinski definition) is 1. The molecule has 0 saturated carbocycles. The minimum Gasteiger partial charge on any atom is -0.321 e. The van der Waals surface area contributed by atoms with Crippen LogP contribution in [0.1, 0.15) is 21.5 Å². The molecule has 2 aromatic carbocycles. The van der Waals surface area contributed by atoms with E-state index in [2.05, 4.69) is 5.32 Å². The zero-order valence-electron chi connectivity index (χ0n) is 14.0. The van der Waals surface area contributed by atoms with Gasteiger partial charge in [0.25, 0.3) is 5.91 Å². The number of nitrogens with one attached hydrogen (secondary N) is 1. The second-order valence-corrected chi connectivity index (χ2v) is 5.87. The van der Waals surface area contributed by atoms with Crippen LogP contribution in [-0.2, 0) is 11.3 Å². The molecule has 1 heterocycles. The number of anilines is 1. The SMILES string of the molecule is Cc1ccc(NC(=O)C[n+]2ccc(C(=O)c3ccccc3)cc2)cc1. The molecule has 0 aliphatic heterocycles. The molecule has 0 fully saturated rings. The van der Waals surface area contributed by atoms with Crippen LogP contribution in [0.3, 0.4) is 0 Å². The average Bonchev–Trinajstić information content (AvgIpc) is 2.64. The molecule has 0 saturated heterocycles. The molecule has 0 unspecified atom stereocenters. The predicted molar refractivity (Wildman–Crippen MR) is 96.3 cm³/mol. The van der Waals surface area contributed by atoms with E-state index in [0.29, 0.717) is 11.1 Å². The Morgan fingerprint density at radius 1 is 0.840 bits per heavy atom. The van der Waals surface area contributed by atoms with E-state index < -0.39 is 0 Å². The topological polar surface area (TPSA) is 50.1 Å². The van der Waals surface area contributed by atoms with Gasteiger partial charge in [-0.2, -0.15) is 4.57 Å². The summed E-state index contributed by atoms with van der Waals surface area (Å²) in [5, 5.41) is 2.85. The lowest BCUT2D eigenvalue weighted by atomic mass is 10.0. The lowest BCUT2D eigenvalue weighted by molar-refractivity contribution is -0.684. The molecule has 0 atom stereocenters. The Balaban J connectivity index is 1.63. The van der Waals surface area contributed by atoms with Crippen LogP contribution in [0.15, 0.2) is 79.1 Å². The summed E-state index contributed by atoms with van der Waals surface area (Å²) in [5.41, 5.74) is 3.16. The molecule has 4 heteroatoms. The van der Waals surface area contributed by atoms with Crippen molar-refractivity contribution in [1.82, 2.24) is 0 Å². The van der Waals surface area contributed by atoms with Crippen molar-refractivity contribution in [1.29, 1.82) is 0 Å². The lowest BCUT2D eigenvalue weighted by Crippen LogP contribution is -2.39. The Hall–Kier alpha value is -3.27. The second kappa shape index (κ2) is 7.53. The van der Waals surface area contributed by atoms with Crippen LogP contribution in [0.25, 0.3) is 0 Å². The summed E-state index contributed by atoms with van der Waals surface area (Å²) in [6.45, 7) is 2.19. The van der Waals surface area contributed by atoms with Crippen molar-refractivity contribution in [2.75, 3.05) is 5.32 Å². The fourth-order valence-corrected chi connectivity index (χ4v) is 2.47. The molecular formula is C21H19N2O2+. The molecule has 0 radical (unpaired) electrons. The van der Waals surface area contributed by atoms with Crippen molar-refractivity contribution in [3.8, 4) is 0 Å². The van der Waals surface area contributed by atoms with Crippen molar-refractivity contribution in [2.45, 2.75) is 13.5 Å². The molecular weight excluding hydrogens is 312 g/mol. The summed E-state index contributed by atoms with van der Waals surface area (Å²) < 4.78 is 1.74. The van der Waals surface area contributed by atoms with Gasteiger partial charge in [0.1, 0.15) is 0 Å². The molecule has 3 aromatic rings. The van der Waals surface area contributed by atoms with Crippen LogP contribution < -0.4 is 9.88 Å². The van der Waals surface area contributed by atoms with Gasteiger partial charge in [0.15, 0.2) is 18.2 Å². The molecule has 1 aromatic heterocycles. The highest BCUT2D eigenvalue weighted by molar-refractivity contribution is 6.08. The van der Waals surface area contributed by atoms with Gasteiger partial charge in [-0.1, -0.05) is 48.0 Å². The zero-order chi connectivity index (χ0) is 17.6. The maximum absolute atomic E-state index is 12.4. The smallest absolute Gasteiger partial charge is 0.290 e. The van der Waals surface area contributed by atoms with Crippen molar-refractivity contribution >= 4 is 17.4 Å². The van der Waals surface area contributed by atoms with E-state index in [1.165, 1.54) is 0 Å². The number of carbonyl (C=O) groups is 2. The van der Waals surface area contributed by atoms with Crippen LogP contribution in [0, 0.1) is 6.92 Å². The van der Waals surface area contributed by atoms with Gasteiger partial charge >= 0.3 is 0 Å². The number of rotatable bonds is 5. The van der Waals surface area contributed by atoms with Crippen LogP contribution in [0.4, 0.5) is 5.69 Å². The van der Waals surface area contributed by atoms with Crippen molar-refractivity contribution < 1.29 is 14.2 Å². The minimum absolute atomic E-state index is 0.0307. The van der Waals surface area contributed by atoms with Gasteiger partial charge in [0.05, 0.1) is 0 Å². The normalized spacial score (nSPS) is 10.3. The highest BCUT2D eigenvalue weighted by atomic mass is 16.2. The molecule has 0 aliphatic rings. The monoisotopic (exact) mass is 331 g/mol. The number of amides is 1. The lowest BCUT2D eigenvalue weighted by Gasteiger charge is -2.04. The Kier molecular flexibility index (Phi) is 5.00. The highest BCUT2D eigenvalue weighted by Crippen LogP contribution is 2.09. The van der Waals surface area contributed by atoms with Gasteiger partial charge in [-0.25, -0.2) is 0 Å². The van der Waals surface area contributed by atoms with Crippen LogP contribution in [0.2, 0.25) is 0 Å². The summed E-state index contributed by atoms with van der Waals surface area (Å²) >= 11 is 0. The molecule has 0 bridgehead atoms. The van der Waals surface area contributed by atoms with Gasteiger partial charge in [-0.3, -0.25) is 9.59 Å². The molecule has 0 aliphatic carbocycles. The zero-order valence-corrected chi connectivity index (χ0v) is 14.0. The Morgan fingerprint density at radius 3 is 2.08 bits per heavy atom. The van der Waals surface area contributed by atoms with Gasteiger partial charge in [0.2, 0.25) is 6.54 Å². The highest BCUT2D eigenvalue weighted by Gasteiger charge is 2.13. The third-order valence-electron chi connectivity index (χ3n) is 3.85. The first-order valence-electron chi connectivity index (χ1n) is 8.07. The number of aryl methyl sites for hydroxylation is 1. The third kappa shape index (κ3) is 4.38. The van der Waals surface area contributed by atoms with E-state index >= 15 is 0 Å². The largest absolute Gasteiger partial charge is 0.321 e. The predicted octanol–water partition coefficient (Wildman–Crippen LogP) is 3.15. The van der Waals surface area contributed by atoms with E-state index in [0.717, 1.165) is 11.3 Å². The van der Waals surface area contributed by atoms with Crippen LogP contribution in [-0.4, -0.2) is 11.7 Å². The fraction of sp³-hybridized carbons (Fsp3) is 0.0952. The first kappa shape index (κ1) is 16.6. The molecule has 25 heavy (non-hydrogen) atoms. The first-order chi connectivity index (χ1) is 12.1. The number of ketones is 1. The summed E-state index contributed by atoms with van der Waals surface area (Å²) in [7, 11) is 0. The number of carbonyl (C=O) groups excluding carboxylic acids is 2. The Morgan fingerprint density at radius 2 is 1.44 bits per heavy atom. The third-order valence-corrected chi connectivity index (χ3v) is 3.85. The fourth-order valence-electron chi connectivity index (χ4n) is 2.47. The van der Waals surface area contributed by atoms with Crippen LogP contribution >= 0.6 is 0 Å². The molecule has 0 spiro atoms. The first-order valence-corrected chi connectivity index (χ1v) is 8.07. The Bertz CT molecular complexity index is 870. The summed E-state index contributed by atoms with van der Waals surface area (Å²) in [5.74, 6) is -0.146. The maximum Gasteiger partial charge on any atom is 0.290 e. The molecule has 3 rings (SSSR count). The number of aromatic nitrogens is 1. The van der Waals surface area contributed by atoms with Crippen LogP contribution in [0.5, 0.6) is 0 Å². The summed E-state index contributed by atoms with van der Waals surface area (Å²) in [6, 6.07) is 20.2. The molecule has 124 valence electrons. The summed E-state index contributed by atoms with van der Waals surface area (Å²) in [6.07, 6.45) is 3.48. The molecule has 1 N–H and O–H groups in total. The van der Waals surface area contributed by atoms with E-state index in [9.17, 15) is 9.59 Å². The standard InChI is InChI=1S/C21H18N2O2/c1-16-7-9-19(10-8-16)22-20(24)15-23-13-11-18(12-14-23)21(25)17-5-3-2-4-6-17/h2-14H,15H2,1H3/p+1. The van der Waals surface area contributed by atoms with E-state index in [1.54, 1.807) is 41.2 Å². The second-order valence-electron chi connectivity index (χ2n) is 5.87. The number of pyridine rings is 1. The number of hydrogen-bond acceptors (Lipinski definition) is 2. The van der Waals surface area contributed by atoms with Gasteiger partial charge in [-0.05, 0) is 19.1 Å². The average molecular weight is 331 g/mol. The number of nitrogens with zero attached hydrogens (tertiary/aromatic N) is 1.